The Morgan fingerprint density at radius 2 is 1.38 bits per heavy atom. The summed E-state index contributed by atoms with van der Waals surface area (Å²) in [6.45, 7) is 17.2. The first-order valence-electron chi connectivity index (χ1n) is 8.86. The third kappa shape index (κ3) is 14.7. The van der Waals surface area contributed by atoms with Crippen LogP contribution in [0.15, 0.2) is 12.1 Å². The van der Waals surface area contributed by atoms with Gasteiger partial charge in [-0.15, -0.1) is 11.3 Å². The van der Waals surface area contributed by atoms with E-state index in [1.54, 1.807) is 14.2 Å². The van der Waals surface area contributed by atoms with E-state index in [9.17, 15) is 0 Å². The van der Waals surface area contributed by atoms with Crippen LogP contribution < -0.4 is 9.47 Å². The molecule has 1 heterocycles. The summed E-state index contributed by atoms with van der Waals surface area (Å²) in [6.07, 6.45) is 6.83. The Kier molecular flexibility index (Phi) is 26.2. The van der Waals surface area contributed by atoms with Crippen LogP contribution in [0.3, 0.4) is 0 Å². The van der Waals surface area contributed by atoms with Crippen LogP contribution in [0.2, 0.25) is 0 Å². The second-order valence-electron chi connectivity index (χ2n) is 5.04. The van der Waals surface area contributed by atoms with E-state index in [4.69, 9.17) is 9.47 Å². The number of hydrogen-bond acceptors (Lipinski definition) is 4. The monoisotopic (exact) mass is 485 g/mol. The molecule has 2 rings (SSSR count). The number of ether oxygens (including phenoxy) is 2. The van der Waals surface area contributed by atoms with Gasteiger partial charge in [-0.25, -0.2) is 4.98 Å². The number of methoxy groups -OCH3 is 2. The van der Waals surface area contributed by atoms with Crippen molar-refractivity contribution in [3.05, 3.63) is 38.4 Å². The molecule has 0 bridgehead atoms. The van der Waals surface area contributed by atoms with E-state index in [1.165, 1.54) is 30.6 Å². The predicted octanol–water partition coefficient (Wildman–Crippen LogP) is 6.59. The summed E-state index contributed by atoms with van der Waals surface area (Å²) in [5.74, 6) is 1.54. The van der Waals surface area contributed by atoms with Crippen LogP contribution in [0.1, 0.15) is 59.3 Å². The predicted molar refractivity (Wildman–Crippen MR) is 118 cm³/mol. The molecule has 0 spiro atoms. The van der Waals surface area contributed by atoms with Gasteiger partial charge in [-0.3, -0.25) is 0 Å². The van der Waals surface area contributed by atoms with Gasteiger partial charge in [0.15, 0.2) is 5.51 Å². The average molecular weight is 484 g/mol. The maximum Gasteiger partial charge on any atom is 0.153 e. The van der Waals surface area contributed by atoms with Gasteiger partial charge in [0.2, 0.25) is 0 Å². The van der Waals surface area contributed by atoms with Crippen molar-refractivity contribution in [2.45, 2.75) is 59.3 Å². The smallest absolute Gasteiger partial charge is 0.153 e. The van der Waals surface area contributed by atoms with Crippen LogP contribution in [0, 0.1) is 26.3 Å². The zero-order valence-electron chi connectivity index (χ0n) is 17.2. The molecule has 0 unspecified atom stereocenters. The largest absolute Gasteiger partial charge is 0.497 e. The Hall–Kier alpha value is -0.491. The molecule has 1 aromatic carbocycles. The number of rotatable bonds is 5. The van der Waals surface area contributed by atoms with Gasteiger partial charge in [0.1, 0.15) is 11.5 Å². The van der Waals surface area contributed by atoms with E-state index in [1.807, 2.05) is 12.1 Å². The first-order chi connectivity index (χ1) is 12.1. The molecule has 0 amide bonds. The van der Waals surface area contributed by atoms with Crippen molar-refractivity contribution in [1.29, 1.82) is 0 Å². The summed E-state index contributed by atoms with van der Waals surface area (Å²) < 4.78 is 11.3. The average Bonchev–Trinajstić information content (AvgIpc) is 3.16. The number of unbranched alkanes of at least 4 members (excludes halogenated alkanes) is 3. The standard InChI is InChI=1S/C9H8NO2S.3C4H9.Sn/c1-11-6-3-7-9(13-5-10-7)8(4-6)12-2;3*1-3-4-2;/h3-4H,1-2H3;3*1,3-4H2,2H3;. The molecule has 0 aliphatic rings. The van der Waals surface area contributed by atoms with Crippen molar-refractivity contribution < 1.29 is 9.47 Å². The molecule has 2 aromatic rings. The first-order valence-corrected chi connectivity index (χ1v) is 9.67. The third-order valence-corrected chi connectivity index (χ3v) is 3.64. The van der Waals surface area contributed by atoms with Crippen LogP contribution in [0.5, 0.6) is 11.5 Å². The molecule has 0 N–H and O–H groups in total. The van der Waals surface area contributed by atoms with Crippen molar-refractivity contribution >= 4 is 45.5 Å². The zero-order valence-corrected chi connectivity index (χ0v) is 20.9. The van der Waals surface area contributed by atoms with Crippen molar-refractivity contribution in [2.75, 3.05) is 14.2 Å². The van der Waals surface area contributed by atoms with Crippen molar-refractivity contribution in [3.8, 4) is 11.5 Å². The minimum atomic E-state index is 0. The Balaban J connectivity index is -0.000000342. The topological polar surface area (TPSA) is 31.4 Å². The molecule has 146 valence electrons. The fourth-order valence-electron chi connectivity index (χ4n) is 1.14. The SMILES string of the molecule is COc1cc(OC)c2s[c]nc2c1.[CH2]CCC.[CH2]CCC.[CH2]CCC.[Sn]. The Morgan fingerprint density at radius 3 is 1.73 bits per heavy atom. The number of hydrogen-bond donors (Lipinski definition) is 0. The molecule has 3 nitrogen and oxygen atoms in total. The van der Waals surface area contributed by atoms with E-state index in [2.05, 4.69) is 52.0 Å². The van der Waals surface area contributed by atoms with Crippen LogP contribution in [-0.2, 0) is 0 Å². The molecular formula is C21H35NO2SSn. The summed E-state index contributed by atoms with van der Waals surface area (Å²) in [7, 11) is 3.25. The molecule has 8 radical (unpaired) electrons. The molecule has 0 saturated heterocycles. The quantitative estimate of drug-likeness (QED) is 0.449. The molecule has 0 saturated carbocycles. The van der Waals surface area contributed by atoms with Crippen LogP contribution in [-0.4, -0.2) is 43.1 Å². The summed E-state index contributed by atoms with van der Waals surface area (Å²) in [5, 5.41) is 0. The van der Waals surface area contributed by atoms with E-state index < -0.39 is 0 Å². The fourth-order valence-corrected chi connectivity index (χ4v) is 1.82. The molecular weight excluding hydrogens is 449 g/mol. The van der Waals surface area contributed by atoms with Crippen LogP contribution >= 0.6 is 11.3 Å². The second kappa shape index (κ2) is 22.5. The maximum atomic E-state index is 5.20. The van der Waals surface area contributed by atoms with Gasteiger partial charge in [0.25, 0.3) is 0 Å². The van der Waals surface area contributed by atoms with E-state index >= 15 is 0 Å². The Labute approximate surface area is 182 Å². The number of aromatic nitrogens is 1. The van der Waals surface area contributed by atoms with E-state index in [0.717, 1.165) is 41.0 Å². The summed E-state index contributed by atoms with van der Waals surface area (Å²) >= 11 is 1.44. The molecule has 1 aromatic heterocycles. The second-order valence-corrected chi connectivity index (χ2v) is 5.84. The number of fused-ring (bicyclic) bond motifs is 1. The Bertz CT molecular complexity index is 502. The van der Waals surface area contributed by atoms with Gasteiger partial charge in [-0.1, -0.05) is 80.1 Å². The molecule has 0 atom stereocenters. The minimum absolute atomic E-state index is 0. The molecule has 0 aliphatic carbocycles. The van der Waals surface area contributed by atoms with Crippen LogP contribution in [0.4, 0.5) is 0 Å². The molecule has 26 heavy (non-hydrogen) atoms. The van der Waals surface area contributed by atoms with Gasteiger partial charge >= 0.3 is 0 Å². The van der Waals surface area contributed by atoms with Crippen LogP contribution in [0.25, 0.3) is 10.2 Å². The number of benzene rings is 1. The molecule has 0 aliphatic heterocycles. The van der Waals surface area contributed by atoms with Gasteiger partial charge < -0.3 is 9.47 Å². The van der Waals surface area contributed by atoms with Crippen molar-refractivity contribution in [3.63, 3.8) is 0 Å². The molecule has 5 heteroatoms. The third-order valence-electron chi connectivity index (χ3n) is 2.84. The van der Waals surface area contributed by atoms with Gasteiger partial charge in [-0.2, -0.15) is 0 Å². The Morgan fingerprint density at radius 1 is 0.923 bits per heavy atom. The van der Waals surface area contributed by atoms with Gasteiger partial charge in [0, 0.05) is 36.0 Å². The fraction of sp³-hybridized carbons (Fsp3) is 0.524. The van der Waals surface area contributed by atoms with E-state index in [-0.39, 0.29) is 23.9 Å². The van der Waals surface area contributed by atoms with Gasteiger partial charge in [-0.05, 0) is 0 Å². The van der Waals surface area contributed by atoms with E-state index in [0.29, 0.717) is 0 Å². The molecule has 0 fully saturated rings. The number of thiazole rings is 1. The normalized spacial score (nSPS) is 8.62. The first kappa shape index (κ1) is 30.2. The zero-order chi connectivity index (χ0) is 19.5. The van der Waals surface area contributed by atoms with Crippen molar-refractivity contribution in [2.24, 2.45) is 0 Å². The van der Waals surface area contributed by atoms with Gasteiger partial charge in [0.05, 0.1) is 24.4 Å². The minimum Gasteiger partial charge on any atom is -0.497 e. The van der Waals surface area contributed by atoms with Crippen molar-refractivity contribution in [1.82, 2.24) is 4.98 Å². The number of nitrogens with zero attached hydrogens (tertiary/aromatic N) is 1. The summed E-state index contributed by atoms with van der Waals surface area (Å²) in [4.78, 5) is 4.07. The summed E-state index contributed by atoms with van der Waals surface area (Å²) in [6, 6.07) is 3.71. The maximum absolute atomic E-state index is 5.20. The summed E-state index contributed by atoms with van der Waals surface area (Å²) in [5.41, 5.74) is 3.68.